The molecule has 1 amide bonds. The molecule has 4 rings (SSSR count). The van der Waals surface area contributed by atoms with Crippen LogP contribution in [0.2, 0.25) is 5.02 Å². The first-order chi connectivity index (χ1) is 16.3. The van der Waals surface area contributed by atoms with Crippen LogP contribution in [0.5, 0.6) is 0 Å². The fourth-order valence-corrected chi connectivity index (χ4v) is 4.78. The molecule has 188 valence electrons. The predicted octanol–water partition coefficient (Wildman–Crippen LogP) is 3.19. The highest BCUT2D eigenvalue weighted by Gasteiger charge is 2.32. The number of carbonyl (C=O) groups is 1. The van der Waals surface area contributed by atoms with Crippen molar-refractivity contribution in [3.8, 4) is 0 Å². The Hall–Kier alpha value is -2.89. The second-order valence-electron chi connectivity index (χ2n) is 9.37. The number of halogens is 1. The van der Waals surface area contributed by atoms with E-state index < -0.39 is 22.0 Å². The van der Waals surface area contributed by atoms with Gasteiger partial charge >= 0.3 is 0 Å². The standard InChI is InChI=1S/C23H30ClN7O3S/c1-14-12-31-20(27-21(14)26-13-23(25)8-5-9-23)11-19(28-31)15(2)30(3)22(32)17-10-16(24)6-7-18(17)29-35(4,33)34/h6-7,10-12,15,29H,5,8-9,13,25H2,1-4H3,(H,26,27)/t15-/m0/s1. The third-order valence-electron chi connectivity index (χ3n) is 6.44. The van der Waals surface area contributed by atoms with Crippen molar-refractivity contribution >= 4 is 44.7 Å². The van der Waals surface area contributed by atoms with Gasteiger partial charge in [-0.2, -0.15) is 5.10 Å². The number of sulfonamides is 1. The van der Waals surface area contributed by atoms with Gasteiger partial charge in [0.15, 0.2) is 5.65 Å². The van der Waals surface area contributed by atoms with Gasteiger partial charge in [-0.05, 0) is 51.3 Å². The van der Waals surface area contributed by atoms with E-state index in [-0.39, 0.29) is 16.8 Å². The van der Waals surface area contributed by atoms with Crippen molar-refractivity contribution in [2.45, 2.75) is 44.7 Å². The number of aromatic nitrogens is 3. The third kappa shape index (κ3) is 5.52. The van der Waals surface area contributed by atoms with Crippen LogP contribution >= 0.6 is 11.6 Å². The molecule has 1 fully saturated rings. The molecule has 1 aliphatic rings. The van der Waals surface area contributed by atoms with Gasteiger partial charge in [-0.15, -0.1) is 0 Å². The molecule has 3 aromatic rings. The Labute approximate surface area is 209 Å². The third-order valence-corrected chi connectivity index (χ3v) is 7.27. The molecule has 10 nitrogen and oxygen atoms in total. The summed E-state index contributed by atoms with van der Waals surface area (Å²) in [5.74, 6) is 0.358. The Kier molecular flexibility index (Phi) is 6.69. The average Bonchev–Trinajstić information content (AvgIpc) is 3.17. The molecular weight excluding hydrogens is 490 g/mol. The molecule has 12 heteroatoms. The van der Waals surface area contributed by atoms with Gasteiger partial charge in [0.05, 0.1) is 29.2 Å². The summed E-state index contributed by atoms with van der Waals surface area (Å²) < 4.78 is 27.6. The SMILES string of the molecule is Cc1cn2nc([C@H](C)N(C)C(=O)c3cc(Cl)ccc3NS(C)(=O)=O)cc2nc1NCC1(N)CCC1. The van der Waals surface area contributed by atoms with Crippen LogP contribution in [0.3, 0.4) is 0 Å². The van der Waals surface area contributed by atoms with E-state index >= 15 is 0 Å². The van der Waals surface area contributed by atoms with E-state index in [0.717, 1.165) is 36.9 Å². The Morgan fingerprint density at radius 3 is 2.69 bits per heavy atom. The van der Waals surface area contributed by atoms with Gasteiger partial charge in [-0.25, -0.2) is 17.9 Å². The van der Waals surface area contributed by atoms with Crippen LogP contribution < -0.4 is 15.8 Å². The zero-order valence-electron chi connectivity index (χ0n) is 20.2. The molecule has 0 spiro atoms. The molecule has 2 aromatic heterocycles. The molecule has 0 unspecified atom stereocenters. The smallest absolute Gasteiger partial charge is 0.256 e. The molecule has 4 N–H and O–H groups in total. The Morgan fingerprint density at radius 2 is 2.06 bits per heavy atom. The number of carbonyl (C=O) groups excluding carboxylic acids is 1. The van der Waals surface area contributed by atoms with Crippen molar-refractivity contribution in [1.29, 1.82) is 0 Å². The molecule has 0 bridgehead atoms. The molecule has 2 heterocycles. The van der Waals surface area contributed by atoms with Gasteiger partial charge in [0, 0.05) is 42.0 Å². The first-order valence-electron chi connectivity index (χ1n) is 11.3. The summed E-state index contributed by atoms with van der Waals surface area (Å²) in [6, 6.07) is 5.84. The van der Waals surface area contributed by atoms with Crippen molar-refractivity contribution in [3.05, 3.63) is 52.3 Å². The number of nitrogens with two attached hydrogens (primary N) is 1. The molecule has 0 saturated heterocycles. The van der Waals surface area contributed by atoms with E-state index in [1.165, 1.54) is 23.1 Å². The molecule has 0 radical (unpaired) electrons. The first kappa shape index (κ1) is 25.2. The summed E-state index contributed by atoms with van der Waals surface area (Å²) in [5, 5.41) is 8.31. The lowest BCUT2D eigenvalue weighted by atomic mass is 9.78. The number of hydrogen-bond donors (Lipinski definition) is 3. The van der Waals surface area contributed by atoms with Crippen LogP contribution in [0, 0.1) is 6.92 Å². The van der Waals surface area contributed by atoms with Gasteiger partial charge in [0.2, 0.25) is 10.0 Å². The minimum Gasteiger partial charge on any atom is -0.368 e. The fourth-order valence-electron chi connectivity index (χ4n) is 4.03. The van der Waals surface area contributed by atoms with E-state index in [1.54, 1.807) is 11.6 Å². The largest absolute Gasteiger partial charge is 0.368 e. The maximum atomic E-state index is 13.3. The molecule has 1 aromatic carbocycles. The second-order valence-corrected chi connectivity index (χ2v) is 11.6. The van der Waals surface area contributed by atoms with E-state index in [1.807, 2.05) is 26.1 Å². The number of benzene rings is 1. The lowest BCUT2D eigenvalue weighted by Gasteiger charge is -2.38. The van der Waals surface area contributed by atoms with Crippen molar-refractivity contribution in [1.82, 2.24) is 19.5 Å². The highest BCUT2D eigenvalue weighted by molar-refractivity contribution is 7.92. The monoisotopic (exact) mass is 519 g/mol. The highest BCUT2D eigenvalue weighted by Crippen LogP contribution is 2.30. The molecule has 1 atom stereocenters. The quantitative estimate of drug-likeness (QED) is 0.416. The summed E-state index contributed by atoms with van der Waals surface area (Å²) in [5.41, 5.74) is 8.68. The minimum atomic E-state index is -3.58. The van der Waals surface area contributed by atoms with E-state index in [9.17, 15) is 13.2 Å². The summed E-state index contributed by atoms with van der Waals surface area (Å²) in [6.07, 6.45) is 6.07. The molecule has 35 heavy (non-hydrogen) atoms. The van der Waals surface area contributed by atoms with Crippen molar-refractivity contribution in [2.75, 3.05) is 29.9 Å². The Morgan fingerprint density at radius 1 is 1.34 bits per heavy atom. The zero-order chi connectivity index (χ0) is 25.5. The maximum Gasteiger partial charge on any atom is 0.256 e. The lowest BCUT2D eigenvalue weighted by Crippen LogP contribution is -2.52. The molecule has 1 saturated carbocycles. The lowest BCUT2D eigenvalue weighted by molar-refractivity contribution is 0.0740. The number of anilines is 2. The van der Waals surface area contributed by atoms with Crippen molar-refractivity contribution < 1.29 is 13.2 Å². The van der Waals surface area contributed by atoms with E-state index in [0.29, 0.717) is 22.9 Å². The van der Waals surface area contributed by atoms with Crippen molar-refractivity contribution in [2.24, 2.45) is 5.73 Å². The van der Waals surface area contributed by atoms with Crippen LogP contribution in [0.1, 0.15) is 53.8 Å². The number of nitrogens with one attached hydrogen (secondary N) is 2. The van der Waals surface area contributed by atoms with Crippen LogP contribution in [0.15, 0.2) is 30.5 Å². The molecule has 0 aliphatic heterocycles. The topological polar surface area (TPSA) is 135 Å². The minimum absolute atomic E-state index is 0.146. The molecule has 1 aliphatic carbocycles. The predicted molar refractivity (Wildman–Crippen MR) is 137 cm³/mol. The Bertz CT molecular complexity index is 1390. The van der Waals surface area contributed by atoms with Gasteiger partial charge in [-0.1, -0.05) is 11.6 Å². The highest BCUT2D eigenvalue weighted by atomic mass is 35.5. The van der Waals surface area contributed by atoms with E-state index in [2.05, 4.69) is 15.1 Å². The number of hydrogen-bond acceptors (Lipinski definition) is 7. The van der Waals surface area contributed by atoms with Crippen LogP contribution in [-0.2, 0) is 10.0 Å². The van der Waals surface area contributed by atoms with Crippen LogP contribution in [0.4, 0.5) is 11.5 Å². The summed E-state index contributed by atoms with van der Waals surface area (Å²) in [4.78, 5) is 19.5. The summed E-state index contributed by atoms with van der Waals surface area (Å²) >= 11 is 6.10. The number of amides is 1. The number of fused-ring (bicyclic) bond motifs is 1. The first-order valence-corrected chi connectivity index (χ1v) is 13.6. The summed E-state index contributed by atoms with van der Waals surface area (Å²) in [6.45, 7) is 4.46. The van der Waals surface area contributed by atoms with Gasteiger partial charge in [-0.3, -0.25) is 9.52 Å². The number of rotatable bonds is 8. The van der Waals surface area contributed by atoms with Gasteiger partial charge in [0.25, 0.3) is 5.91 Å². The van der Waals surface area contributed by atoms with Gasteiger partial charge < -0.3 is 16.0 Å². The maximum absolute atomic E-state index is 13.3. The fraction of sp³-hybridized carbons (Fsp3) is 0.435. The number of nitrogens with zero attached hydrogens (tertiary/aromatic N) is 4. The van der Waals surface area contributed by atoms with Crippen LogP contribution in [-0.4, -0.2) is 59.2 Å². The van der Waals surface area contributed by atoms with Crippen LogP contribution in [0.25, 0.3) is 5.65 Å². The average molecular weight is 520 g/mol. The normalized spacial score (nSPS) is 15.9. The zero-order valence-corrected chi connectivity index (χ0v) is 21.7. The summed E-state index contributed by atoms with van der Waals surface area (Å²) in [7, 11) is -1.95. The molecular formula is C23H30ClN7O3S. The van der Waals surface area contributed by atoms with E-state index in [4.69, 9.17) is 22.3 Å². The van der Waals surface area contributed by atoms with Crippen molar-refractivity contribution in [3.63, 3.8) is 0 Å². The second kappa shape index (κ2) is 9.29. The Balaban J connectivity index is 1.57. The van der Waals surface area contributed by atoms with Gasteiger partial charge in [0.1, 0.15) is 5.82 Å². The number of aryl methyl sites for hydroxylation is 1.